The molecule has 5 rings (SSSR count). The summed E-state index contributed by atoms with van der Waals surface area (Å²) in [5.74, 6) is 2.01. The van der Waals surface area contributed by atoms with E-state index in [4.69, 9.17) is 15.6 Å². The van der Waals surface area contributed by atoms with Gasteiger partial charge in [-0.3, -0.25) is 0 Å². The first-order valence-electron chi connectivity index (χ1n) is 10.5. The summed E-state index contributed by atoms with van der Waals surface area (Å²) in [6.45, 7) is 6.39. The van der Waals surface area contributed by atoms with E-state index in [1.807, 2.05) is 59.3 Å². The van der Waals surface area contributed by atoms with Crippen molar-refractivity contribution in [3.05, 3.63) is 60.9 Å². The standard InChI is InChI=1S/C24H26N6O/c1-24(2)12-17(13-26-14-24)30-23-20(22(25)27-15-28-23)21(29-30)16-8-10-19(11-9-16)31-18-6-4-3-5-7-18/h3-11,15,17,26H,12-14H2,1-2H3,(H2,25,27,28)/t17-/m1/s1. The van der Waals surface area contributed by atoms with Gasteiger partial charge in [0.2, 0.25) is 0 Å². The van der Waals surface area contributed by atoms with Crippen LogP contribution in [0.4, 0.5) is 5.82 Å². The molecule has 7 heteroatoms. The fourth-order valence-corrected chi connectivity index (χ4v) is 4.29. The summed E-state index contributed by atoms with van der Waals surface area (Å²) in [7, 11) is 0. The van der Waals surface area contributed by atoms with Crippen LogP contribution in [0.1, 0.15) is 26.3 Å². The minimum Gasteiger partial charge on any atom is -0.457 e. The van der Waals surface area contributed by atoms with Gasteiger partial charge in [0.05, 0.1) is 11.4 Å². The fourth-order valence-electron chi connectivity index (χ4n) is 4.29. The van der Waals surface area contributed by atoms with Crippen molar-refractivity contribution in [2.75, 3.05) is 18.8 Å². The average Bonchev–Trinajstić information content (AvgIpc) is 3.15. The second-order valence-electron chi connectivity index (χ2n) is 8.84. The largest absolute Gasteiger partial charge is 0.457 e. The van der Waals surface area contributed by atoms with Gasteiger partial charge in [0.1, 0.15) is 29.3 Å². The third kappa shape index (κ3) is 3.84. The van der Waals surface area contributed by atoms with E-state index in [0.717, 1.165) is 53.3 Å². The first-order chi connectivity index (χ1) is 15.0. The summed E-state index contributed by atoms with van der Waals surface area (Å²) < 4.78 is 7.94. The number of fused-ring (bicyclic) bond motifs is 1. The Morgan fingerprint density at radius 2 is 1.77 bits per heavy atom. The summed E-state index contributed by atoms with van der Waals surface area (Å²) in [5.41, 5.74) is 8.99. The van der Waals surface area contributed by atoms with Gasteiger partial charge >= 0.3 is 0 Å². The molecular formula is C24H26N6O. The van der Waals surface area contributed by atoms with E-state index in [1.165, 1.54) is 6.33 Å². The van der Waals surface area contributed by atoms with Crippen LogP contribution in [0.2, 0.25) is 0 Å². The molecule has 7 nitrogen and oxygen atoms in total. The number of nitrogens with one attached hydrogen (secondary N) is 1. The third-order valence-corrected chi connectivity index (χ3v) is 5.74. The molecule has 2 aromatic heterocycles. The zero-order valence-corrected chi connectivity index (χ0v) is 17.7. The number of benzene rings is 2. The summed E-state index contributed by atoms with van der Waals surface area (Å²) in [4.78, 5) is 8.77. The molecule has 0 spiro atoms. The van der Waals surface area contributed by atoms with Gasteiger partial charge in [-0.05, 0) is 48.2 Å². The second kappa shape index (κ2) is 7.67. The Bertz CT molecular complexity index is 1200. The first-order valence-corrected chi connectivity index (χ1v) is 10.5. The van der Waals surface area contributed by atoms with Gasteiger partial charge in [-0.2, -0.15) is 5.10 Å². The maximum atomic E-state index is 6.28. The van der Waals surface area contributed by atoms with Crippen LogP contribution in [0.3, 0.4) is 0 Å². The lowest BCUT2D eigenvalue weighted by Gasteiger charge is -2.36. The predicted molar refractivity (Wildman–Crippen MR) is 122 cm³/mol. The van der Waals surface area contributed by atoms with Crippen LogP contribution >= 0.6 is 0 Å². The molecule has 0 bridgehead atoms. The lowest BCUT2D eigenvalue weighted by atomic mass is 9.83. The average molecular weight is 415 g/mol. The molecule has 1 saturated heterocycles. The molecule has 0 aliphatic carbocycles. The number of para-hydroxylation sites is 1. The van der Waals surface area contributed by atoms with Crippen LogP contribution in [-0.2, 0) is 0 Å². The molecule has 0 saturated carbocycles. The zero-order valence-electron chi connectivity index (χ0n) is 17.7. The fraction of sp³-hybridized carbons (Fsp3) is 0.292. The maximum absolute atomic E-state index is 6.28. The number of nitrogen functional groups attached to an aromatic ring is 1. The summed E-state index contributed by atoms with van der Waals surface area (Å²) >= 11 is 0. The topological polar surface area (TPSA) is 90.9 Å². The van der Waals surface area contributed by atoms with Crippen LogP contribution < -0.4 is 15.8 Å². The highest BCUT2D eigenvalue weighted by molar-refractivity contribution is 5.98. The van der Waals surface area contributed by atoms with Crippen LogP contribution in [0.25, 0.3) is 22.3 Å². The normalized spacial score (nSPS) is 18.2. The molecule has 4 aromatic rings. The Labute approximate surface area is 181 Å². The van der Waals surface area contributed by atoms with Crippen molar-refractivity contribution in [2.24, 2.45) is 5.41 Å². The Kier molecular flexibility index (Phi) is 4.82. The Morgan fingerprint density at radius 3 is 2.52 bits per heavy atom. The highest BCUT2D eigenvalue weighted by atomic mass is 16.5. The van der Waals surface area contributed by atoms with Crippen molar-refractivity contribution in [3.63, 3.8) is 0 Å². The monoisotopic (exact) mass is 414 g/mol. The van der Waals surface area contributed by atoms with Crippen LogP contribution in [0.5, 0.6) is 11.5 Å². The molecule has 3 N–H and O–H groups in total. The lowest BCUT2D eigenvalue weighted by molar-refractivity contribution is 0.196. The highest BCUT2D eigenvalue weighted by Gasteiger charge is 2.31. The van der Waals surface area contributed by atoms with E-state index in [1.54, 1.807) is 0 Å². The van der Waals surface area contributed by atoms with Gasteiger partial charge < -0.3 is 15.8 Å². The Balaban J connectivity index is 1.53. The Morgan fingerprint density at radius 1 is 1.03 bits per heavy atom. The van der Waals surface area contributed by atoms with Crippen LogP contribution in [0.15, 0.2) is 60.9 Å². The third-order valence-electron chi connectivity index (χ3n) is 5.74. The van der Waals surface area contributed by atoms with Gasteiger partial charge in [0, 0.05) is 18.7 Å². The SMILES string of the molecule is CC1(C)CNC[C@H](n2nc(-c3ccc(Oc4ccccc4)cc3)c3c(N)ncnc32)C1. The molecule has 158 valence electrons. The molecular weight excluding hydrogens is 388 g/mol. The van der Waals surface area contributed by atoms with Gasteiger partial charge in [-0.15, -0.1) is 0 Å². The second-order valence-corrected chi connectivity index (χ2v) is 8.84. The molecule has 2 aromatic carbocycles. The minimum absolute atomic E-state index is 0.191. The molecule has 1 aliphatic heterocycles. The van der Waals surface area contributed by atoms with Crippen molar-refractivity contribution in [1.29, 1.82) is 0 Å². The number of aromatic nitrogens is 4. The number of hydrogen-bond acceptors (Lipinski definition) is 6. The van der Waals surface area contributed by atoms with E-state index < -0.39 is 0 Å². The number of rotatable bonds is 4. The minimum atomic E-state index is 0.191. The molecule has 0 amide bonds. The van der Waals surface area contributed by atoms with Crippen molar-refractivity contribution >= 4 is 16.9 Å². The van der Waals surface area contributed by atoms with E-state index in [0.29, 0.717) is 5.82 Å². The summed E-state index contributed by atoms with van der Waals surface area (Å²) in [6.07, 6.45) is 2.53. The smallest absolute Gasteiger partial charge is 0.164 e. The molecule has 0 unspecified atom stereocenters. The van der Waals surface area contributed by atoms with Gasteiger partial charge in [-0.1, -0.05) is 32.0 Å². The van der Waals surface area contributed by atoms with Crippen molar-refractivity contribution in [1.82, 2.24) is 25.1 Å². The molecule has 1 fully saturated rings. The molecule has 1 atom stereocenters. The summed E-state index contributed by atoms with van der Waals surface area (Å²) in [6, 6.07) is 17.8. The zero-order chi connectivity index (χ0) is 21.4. The quantitative estimate of drug-likeness (QED) is 0.513. The maximum Gasteiger partial charge on any atom is 0.164 e. The number of piperidine rings is 1. The van der Waals surface area contributed by atoms with Crippen molar-refractivity contribution < 1.29 is 4.74 Å². The van der Waals surface area contributed by atoms with Crippen LogP contribution in [0, 0.1) is 5.41 Å². The van der Waals surface area contributed by atoms with E-state index in [-0.39, 0.29) is 11.5 Å². The van der Waals surface area contributed by atoms with Gasteiger partial charge in [0.25, 0.3) is 0 Å². The number of hydrogen-bond donors (Lipinski definition) is 2. The predicted octanol–water partition coefficient (Wildman–Crippen LogP) is 4.43. The van der Waals surface area contributed by atoms with E-state index in [2.05, 4.69) is 29.1 Å². The van der Waals surface area contributed by atoms with Crippen molar-refractivity contribution in [2.45, 2.75) is 26.3 Å². The highest BCUT2D eigenvalue weighted by Crippen LogP contribution is 2.36. The molecule has 0 radical (unpaired) electrons. The number of anilines is 1. The van der Waals surface area contributed by atoms with Gasteiger partial charge in [0.15, 0.2) is 5.65 Å². The number of nitrogens with two attached hydrogens (primary N) is 1. The molecule has 1 aliphatic rings. The molecule has 31 heavy (non-hydrogen) atoms. The first kappa shape index (κ1) is 19.5. The van der Waals surface area contributed by atoms with E-state index >= 15 is 0 Å². The summed E-state index contributed by atoms with van der Waals surface area (Å²) in [5, 5.41) is 9.30. The lowest BCUT2D eigenvalue weighted by Crippen LogP contribution is -2.42. The van der Waals surface area contributed by atoms with Crippen molar-refractivity contribution in [3.8, 4) is 22.8 Å². The number of nitrogens with zero attached hydrogens (tertiary/aromatic N) is 4. The molecule has 3 heterocycles. The van der Waals surface area contributed by atoms with Gasteiger partial charge in [-0.25, -0.2) is 14.6 Å². The van der Waals surface area contributed by atoms with E-state index in [9.17, 15) is 0 Å². The van der Waals surface area contributed by atoms with Crippen LogP contribution in [-0.4, -0.2) is 32.8 Å². The Hall–Kier alpha value is -3.45. The number of ether oxygens (including phenoxy) is 1.